The number of rotatable bonds is 4. The zero-order chi connectivity index (χ0) is 12.3. The summed E-state index contributed by atoms with van der Waals surface area (Å²) >= 11 is 0. The zero-order valence-electron chi connectivity index (χ0n) is 10.9. The van der Waals surface area contributed by atoms with Crippen molar-refractivity contribution in [2.45, 2.75) is 27.3 Å². The fourth-order valence-electron chi connectivity index (χ4n) is 1.98. The summed E-state index contributed by atoms with van der Waals surface area (Å²) in [5.41, 5.74) is 2.48. The van der Waals surface area contributed by atoms with Crippen LogP contribution in [0.4, 0.5) is 0 Å². The molecule has 0 atom stereocenters. The quantitative estimate of drug-likeness (QED) is 0.870. The first kappa shape index (κ1) is 12.2. The second-order valence-corrected chi connectivity index (χ2v) is 4.90. The van der Waals surface area contributed by atoms with Gasteiger partial charge in [-0.15, -0.1) is 0 Å². The summed E-state index contributed by atoms with van der Waals surface area (Å²) in [4.78, 5) is 0. The highest BCUT2D eigenvalue weighted by Gasteiger charge is 2.16. The molecular weight excluding hydrogens is 214 g/mol. The maximum atomic E-state index is 5.67. The van der Waals surface area contributed by atoms with Gasteiger partial charge in [-0.2, -0.15) is 0 Å². The van der Waals surface area contributed by atoms with Gasteiger partial charge in [-0.3, -0.25) is 0 Å². The van der Waals surface area contributed by atoms with Gasteiger partial charge in [0.05, 0.1) is 0 Å². The first-order valence-electron chi connectivity index (χ1n) is 6.27. The highest BCUT2D eigenvalue weighted by atomic mass is 16.6. The molecule has 2 rings (SSSR count). The number of hydrogen-bond donors (Lipinski definition) is 1. The Balaban J connectivity index is 2.08. The first-order valence-corrected chi connectivity index (χ1v) is 6.27. The van der Waals surface area contributed by atoms with Crippen LogP contribution in [0.1, 0.15) is 25.0 Å². The van der Waals surface area contributed by atoms with E-state index in [-0.39, 0.29) is 0 Å². The lowest BCUT2D eigenvalue weighted by atomic mass is 10.1. The molecule has 94 valence electrons. The Labute approximate surface area is 103 Å². The molecule has 1 aromatic rings. The summed E-state index contributed by atoms with van der Waals surface area (Å²) < 4.78 is 11.2. The molecule has 1 aromatic carbocycles. The van der Waals surface area contributed by atoms with E-state index in [1.54, 1.807) is 0 Å². The van der Waals surface area contributed by atoms with Gasteiger partial charge in [0.2, 0.25) is 0 Å². The molecule has 0 aliphatic carbocycles. The first-order chi connectivity index (χ1) is 8.18. The van der Waals surface area contributed by atoms with Crippen LogP contribution in [-0.2, 0) is 6.54 Å². The van der Waals surface area contributed by atoms with Crippen molar-refractivity contribution in [2.24, 2.45) is 5.92 Å². The molecule has 1 heterocycles. The molecule has 0 aromatic heterocycles. The number of ether oxygens (including phenoxy) is 2. The molecule has 0 bridgehead atoms. The van der Waals surface area contributed by atoms with Crippen LogP contribution < -0.4 is 14.8 Å². The Morgan fingerprint density at radius 2 is 2.00 bits per heavy atom. The zero-order valence-corrected chi connectivity index (χ0v) is 10.9. The minimum Gasteiger partial charge on any atom is -0.486 e. The van der Waals surface area contributed by atoms with Crippen LogP contribution in [0.5, 0.6) is 11.5 Å². The van der Waals surface area contributed by atoms with Crippen molar-refractivity contribution < 1.29 is 9.47 Å². The summed E-state index contributed by atoms with van der Waals surface area (Å²) in [5.74, 6) is 2.47. The highest BCUT2D eigenvalue weighted by molar-refractivity contribution is 5.50. The molecule has 0 amide bonds. The minimum atomic E-state index is 0.650. The van der Waals surface area contributed by atoms with E-state index < -0.39 is 0 Å². The topological polar surface area (TPSA) is 30.5 Å². The van der Waals surface area contributed by atoms with Gasteiger partial charge in [0, 0.05) is 6.54 Å². The summed E-state index contributed by atoms with van der Waals surface area (Å²) in [6.45, 7) is 9.75. The van der Waals surface area contributed by atoms with Crippen molar-refractivity contribution in [3.63, 3.8) is 0 Å². The fourth-order valence-corrected chi connectivity index (χ4v) is 1.98. The Kier molecular flexibility index (Phi) is 3.89. The molecule has 0 fully saturated rings. The van der Waals surface area contributed by atoms with Crippen LogP contribution in [0.2, 0.25) is 0 Å². The molecule has 0 saturated heterocycles. The third kappa shape index (κ3) is 2.91. The van der Waals surface area contributed by atoms with E-state index in [9.17, 15) is 0 Å². The summed E-state index contributed by atoms with van der Waals surface area (Å²) in [6.07, 6.45) is 0. The number of benzene rings is 1. The summed E-state index contributed by atoms with van der Waals surface area (Å²) in [7, 11) is 0. The molecule has 0 spiro atoms. The van der Waals surface area contributed by atoms with Crippen molar-refractivity contribution in [3.8, 4) is 11.5 Å². The Bertz CT molecular complexity index is 388. The van der Waals surface area contributed by atoms with E-state index in [1.165, 1.54) is 11.1 Å². The van der Waals surface area contributed by atoms with Crippen molar-refractivity contribution in [3.05, 3.63) is 23.3 Å². The van der Waals surface area contributed by atoms with Crippen LogP contribution >= 0.6 is 0 Å². The third-order valence-corrected chi connectivity index (χ3v) is 2.94. The molecular formula is C14H21NO2. The van der Waals surface area contributed by atoms with Gasteiger partial charge in [0.15, 0.2) is 11.5 Å². The average molecular weight is 235 g/mol. The van der Waals surface area contributed by atoms with Crippen molar-refractivity contribution in [1.29, 1.82) is 0 Å². The SMILES string of the molecule is Cc1c(CNCC(C)C)ccc2c1OCCO2. The van der Waals surface area contributed by atoms with Gasteiger partial charge < -0.3 is 14.8 Å². The van der Waals surface area contributed by atoms with Gasteiger partial charge in [-0.25, -0.2) is 0 Å². The minimum absolute atomic E-state index is 0.650. The normalized spacial score (nSPS) is 14.1. The maximum Gasteiger partial charge on any atom is 0.164 e. The number of nitrogens with one attached hydrogen (secondary N) is 1. The largest absolute Gasteiger partial charge is 0.486 e. The molecule has 1 N–H and O–H groups in total. The summed E-state index contributed by atoms with van der Waals surface area (Å²) in [5, 5.41) is 3.45. The van der Waals surface area contributed by atoms with Crippen molar-refractivity contribution in [1.82, 2.24) is 5.32 Å². The molecule has 17 heavy (non-hydrogen) atoms. The van der Waals surface area contributed by atoms with Gasteiger partial charge in [-0.1, -0.05) is 19.9 Å². The van der Waals surface area contributed by atoms with Crippen LogP contribution in [-0.4, -0.2) is 19.8 Å². The van der Waals surface area contributed by atoms with Crippen LogP contribution in [0, 0.1) is 12.8 Å². The van der Waals surface area contributed by atoms with E-state index >= 15 is 0 Å². The molecule has 0 unspecified atom stereocenters. The smallest absolute Gasteiger partial charge is 0.164 e. The van der Waals surface area contributed by atoms with Crippen LogP contribution in [0.25, 0.3) is 0 Å². The molecule has 1 aliphatic rings. The van der Waals surface area contributed by atoms with Crippen LogP contribution in [0.15, 0.2) is 12.1 Å². The molecule has 3 heteroatoms. The van der Waals surface area contributed by atoms with Gasteiger partial charge >= 0.3 is 0 Å². The van der Waals surface area contributed by atoms with E-state index in [1.807, 2.05) is 6.07 Å². The lowest BCUT2D eigenvalue weighted by Crippen LogP contribution is -2.21. The lowest BCUT2D eigenvalue weighted by molar-refractivity contribution is 0.170. The maximum absolute atomic E-state index is 5.67. The van der Waals surface area contributed by atoms with Gasteiger partial charge in [-0.05, 0) is 36.6 Å². The molecule has 0 radical (unpaired) electrons. The number of hydrogen-bond acceptors (Lipinski definition) is 3. The predicted octanol–water partition coefficient (Wildman–Crippen LogP) is 2.51. The Morgan fingerprint density at radius 1 is 1.24 bits per heavy atom. The molecule has 1 aliphatic heterocycles. The van der Waals surface area contributed by atoms with Crippen molar-refractivity contribution in [2.75, 3.05) is 19.8 Å². The lowest BCUT2D eigenvalue weighted by Gasteiger charge is -2.22. The van der Waals surface area contributed by atoms with Gasteiger partial charge in [0.25, 0.3) is 0 Å². The molecule has 3 nitrogen and oxygen atoms in total. The van der Waals surface area contributed by atoms with E-state index in [4.69, 9.17) is 9.47 Å². The second kappa shape index (κ2) is 5.41. The Hall–Kier alpha value is -1.22. The third-order valence-electron chi connectivity index (χ3n) is 2.94. The van der Waals surface area contributed by atoms with Crippen LogP contribution in [0.3, 0.4) is 0 Å². The second-order valence-electron chi connectivity index (χ2n) is 4.90. The monoisotopic (exact) mass is 235 g/mol. The van der Waals surface area contributed by atoms with E-state index in [0.29, 0.717) is 19.1 Å². The fraction of sp³-hybridized carbons (Fsp3) is 0.571. The van der Waals surface area contributed by atoms with E-state index in [2.05, 4.69) is 32.2 Å². The Morgan fingerprint density at radius 3 is 2.76 bits per heavy atom. The van der Waals surface area contributed by atoms with Gasteiger partial charge in [0.1, 0.15) is 13.2 Å². The van der Waals surface area contributed by atoms with E-state index in [0.717, 1.165) is 24.6 Å². The molecule has 0 saturated carbocycles. The highest BCUT2D eigenvalue weighted by Crippen LogP contribution is 2.35. The average Bonchev–Trinajstić information content (AvgIpc) is 2.32. The number of fused-ring (bicyclic) bond motifs is 1. The van der Waals surface area contributed by atoms with Crippen molar-refractivity contribution >= 4 is 0 Å². The summed E-state index contributed by atoms with van der Waals surface area (Å²) in [6, 6.07) is 4.13. The standard InChI is InChI=1S/C14H21NO2/c1-10(2)8-15-9-12-4-5-13-14(11(12)3)17-7-6-16-13/h4-5,10,15H,6-9H2,1-3H3. The predicted molar refractivity (Wildman–Crippen MR) is 68.7 cm³/mol.